The average Bonchev–Trinajstić information content (AvgIpc) is 2.57. The van der Waals surface area contributed by atoms with Crippen LogP contribution in [0.4, 0.5) is 0 Å². The summed E-state index contributed by atoms with van der Waals surface area (Å²) in [4.78, 5) is 13.1. The fraction of sp³-hybridized carbons (Fsp3) is 0.500. The lowest BCUT2D eigenvalue weighted by Crippen LogP contribution is -2.33. The zero-order chi connectivity index (χ0) is 9.52. The number of hydrogen-bond acceptors (Lipinski definition) is 2. The number of amides is 1. The molecule has 1 amide bonds. The van der Waals surface area contributed by atoms with Gasteiger partial charge in [-0.2, -0.15) is 0 Å². The Morgan fingerprint density at radius 1 is 1.54 bits per heavy atom. The molecule has 0 bridgehead atoms. The number of nitrogens with one attached hydrogen (secondary N) is 1. The van der Waals surface area contributed by atoms with E-state index in [1.54, 1.807) is 6.92 Å². The van der Waals surface area contributed by atoms with Crippen molar-refractivity contribution < 1.29 is 4.79 Å². The van der Waals surface area contributed by atoms with Crippen molar-refractivity contribution in [3.05, 3.63) is 12.2 Å². The molecule has 1 rings (SSSR count). The maximum atomic E-state index is 10.9. The highest BCUT2D eigenvalue weighted by molar-refractivity contribution is 5.93. The van der Waals surface area contributed by atoms with Crippen molar-refractivity contribution in [3.8, 4) is 11.8 Å². The Bertz CT molecular complexity index is 252. The van der Waals surface area contributed by atoms with Gasteiger partial charge in [-0.15, -0.1) is 0 Å². The van der Waals surface area contributed by atoms with E-state index in [2.05, 4.69) is 34.2 Å². The van der Waals surface area contributed by atoms with E-state index in [4.69, 9.17) is 0 Å². The molecule has 70 valence electrons. The molecule has 1 aliphatic heterocycles. The predicted octanol–water partition coefficient (Wildman–Crippen LogP) is -0.00230. The van der Waals surface area contributed by atoms with Crippen LogP contribution in [0.25, 0.3) is 0 Å². The Labute approximate surface area is 78.8 Å². The van der Waals surface area contributed by atoms with E-state index in [0.717, 1.165) is 19.6 Å². The summed E-state index contributed by atoms with van der Waals surface area (Å²) in [5.74, 6) is 4.81. The number of rotatable bonds is 3. The number of carbonyl (C=O) groups is 1. The Balaban J connectivity index is 2.05. The van der Waals surface area contributed by atoms with Crippen molar-refractivity contribution in [2.24, 2.45) is 0 Å². The monoisotopic (exact) mass is 178 g/mol. The van der Waals surface area contributed by atoms with Crippen molar-refractivity contribution in [2.75, 3.05) is 26.2 Å². The van der Waals surface area contributed by atoms with Crippen LogP contribution >= 0.6 is 0 Å². The van der Waals surface area contributed by atoms with Gasteiger partial charge in [0.15, 0.2) is 0 Å². The molecule has 0 saturated heterocycles. The van der Waals surface area contributed by atoms with Gasteiger partial charge in [-0.1, -0.05) is 18.1 Å². The highest BCUT2D eigenvalue weighted by atomic mass is 16.1. The second kappa shape index (κ2) is 5.39. The molecule has 0 radical (unpaired) electrons. The van der Waals surface area contributed by atoms with E-state index in [9.17, 15) is 4.79 Å². The maximum absolute atomic E-state index is 10.9. The van der Waals surface area contributed by atoms with Crippen LogP contribution < -0.4 is 5.32 Å². The quantitative estimate of drug-likeness (QED) is 0.487. The molecule has 13 heavy (non-hydrogen) atoms. The van der Waals surface area contributed by atoms with Crippen LogP contribution in [0.15, 0.2) is 12.2 Å². The van der Waals surface area contributed by atoms with Crippen LogP contribution in [-0.2, 0) is 4.79 Å². The first kappa shape index (κ1) is 9.82. The lowest BCUT2D eigenvalue weighted by molar-refractivity contribution is -0.115. The second-order valence-corrected chi connectivity index (χ2v) is 2.86. The molecule has 0 fully saturated rings. The van der Waals surface area contributed by atoms with Crippen molar-refractivity contribution in [2.45, 2.75) is 6.92 Å². The lowest BCUT2D eigenvalue weighted by Gasteiger charge is -2.13. The van der Waals surface area contributed by atoms with E-state index in [1.807, 2.05) is 0 Å². The van der Waals surface area contributed by atoms with E-state index >= 15 is 0 Å². The van der Waals surface area contributed by atoms with Gasteiger partial charge in [0, 0.05) is 26.2 Å². The Hall–Kier alpha value is -1.27. The molecule has 0 atom stereocenters. The SMILES string of the molecule is CC#CC(=O)NCCN1CC=CC1. The van der Waals surface area contributed by atoms with Gasteiger partial charge in [-0.3, -0.25) is 9.69 Å². The predicted molar refractivity (Wildman–Crippen MR) is 52.0 cm³/mol. The molecular weight excluding hydrogens is 164 g/mol. The minimum absolute atomic E-state index is 0.186. The highest BCUT2D eigenvalue weighted by Gasteiger charge is 2.05. The Morgan fingerprint density at radius 2 is 2.23 bits per heavy atom. The summed E-state index contributed by atoms with van der Waals surface area (Å²) in [6.45, 7) is 5.22. The zero-order valence-corrected chi connectivity index (χ0v) is 7.84. The van der Waals surface area contributed by atoms with E-state index in [1.165, 1.54) is 0 Å². The molecule has 1 heterocycles. The summed E-state index contributed by atoms with van der Waals surface area (Å²) in [7, 11) is 0. The molecule has 0 aromatic rings. The van der Waals surface area contributed by atoms with Crippen molar-refractivity contribution >= 4 is 5.91 Å². The topological polar surface area (TPSA) is 32.3 Å². The number of carbonyl (C=O) groups excluding carboxylic acids is 1. The van der Waals surface area contributed by atoms with Crippen molar-refractivity contribution in [1.82, 2.24) is 10.2 Å². The van der Waals surface area contributed by atoms with Gasteiger partial charge in [-0.05, 0) is 12.8 Å². The molecule has 1 aliphatic rings. The van der Waals surface area contributed by atoms with Gasteiger partial charge < -0.3 is 5.32 Å². The van der Waals surface area contributed by atoms with Gasteiger partial charge in [0.25, 0.3) is 5.91 Å². The minimum Gasteiger partial charge on any atom is -0.344 e. The fourth-order valence-corrected chi connectivity index (χ4v) is 1.19. The molecule has 0 aromatic carbocycles. The van der Waals surface area contributed by atoms with Gasteiger partial charge in [0.1, 0.15) is 0 Å². The molecule has 3 heteroatoms. The number of nitrogens with zero attached hydrogens (tertiary/aromatic N) is 1. The van der Waals surface area contributed by atoms with Gasteiger partial charge in [0.2, 0.25) is 0 Å². The third kappa shape index (κ3) is 3.77. The third-order valence-corrected chi connectivity index (χ3v) is 1.85. The largest absolute Gasteiger partial charge is 0.344 e. The third-order valence-electron chi connectivity index (χ3n) is 1.85. The molecule has 0 aromatic heterocycles. The normalized spacial score (nSPS) is 15.2. The minimum atomic E-state index is -0.186. The second-order valence-electron chi connectivity index (χ2n) is 2.86. The molecule has 0 aliphatic carbocycles. The number of hydrogen-bond donors (Lipinski definition) is 1. The molecule has 3 nitrogen and oxygen atoms in total. The van der Waals surface area contributed by atoms with Crippen molar-refractivity contribution in [3.63, 3.8) is 0 Å². The van der Waals surface area contributed by atoms with Crippen LogP contribution in [0.3, 0.4) is 0 Å². The summed E-state index contributed by atoms with van der Waals surface area (Å²) in [5, 5.41) is 2.73. The van der Waals surface area contributed by atoms with Crippen LogP contribution in [0.5, 0.6) is 0 Å². The molecule has 0 unspecified atom stereocenters. The Morgan fingerprint density at radius 3 is 2.85 bits per heavy atom. The first-order valence-corrected chi connectivity index (χ1v) is 4.41. The summed E-state index contributed by atoms with van der Waals surface area (Å²) in [6, 6.07) is 0. The van der Waals surface area contributed by atoms with E-state index < -0.39 is 0 Å². The summed E-state index contributed by atoms with van der Waals surface area (Å²) in [6.07, 6.45) is 4.27. The van der Waals surface area contributed by atoms with Crippen LogP contribution in [-0.4, -0.2) is 37.0 Å². The van der Waals surface area contributed by atoms with Gasteiger partial charge >= 0.3 is 0 Å². The van der Waals surface area contributed by atoms with Gasteiger partial charge in [-0.25, -0.2) is 0 Å². The summed E-state index contributed by atoms with van der Waals surface area (Å²) >= 11 is 0. The maximum Gasteiger partial charge on any atom is 0.295 e. The molecular formula is C10H14N2O. The zero-order valence-electron chi connectivity index (χ0n) is 7.84. The van der Waals surface area contributed by atoms with Crippen LogP contribution in [0.2, 0.25) is 0 Å². The highest BCUT2D eigenvalue weighted by Crippen LogP contribution is 1.95. The average molecular weight is 178 g/mol. The fourth-order valence-electron chi connectivity index (χ4n) is 1.19. The van der Waals surface area contributed by atoms with Crippen molar-refractivity contribution in [1.29, 1.82) is 0 Å². The van der Waals surface area contributed by atoms with Gasteiger partial charge in [0.05, 0.1) is 0 Å². The molecule has 0 saturated carbocycles. The first-order chi connectivity index (χ1) is 6.33. The Kier molecular flexibility index (Phi) is 4.07. The van der Waals surface area contributed by atoms with E-state index in [-0.39, 0.29) is 5.91 Å². The first-order valence-electron chi connectivity index (χ1n) is 4.41. The lowest BCUT2D eigenvalue weighted by atomic mass is 10.5. The van der Waals surface area contributed by atoms with E-state index in [0.29, 0.717) is 6.54 Å². The smallest absolute Gasteiger partial charge is 0.295 e. The summed E-state index contributed by atoms with van der Waals surface area (Å²) < 4.78 is 0. The van der Waals surface area contributed by atoms with Crippen LogP contribution in [0, 0.1) is 11.8 Å². The summed E-state index contributed by atoms with van der Waals surface area (Å²) in [5.41, 5.74) is 0. The van der Waals surface area contributed by atoms with Crippen LogP contribution in [0.1, 0.15) is 6.92 Å². The molecule has 0 spiro atoms. The standard InChI is InChI=1S/C10H14N2O/c1-2-5-10(13)11-6-9-12-7-3-4-8-12/h3-4H,6-9H2,1H3,(H,11,13). The molecule has 1 N–H and O–H groups in total.